The molecule has 1 aromatic heterocycles. The van der Waals surface area contributed by atoms with Crippen LogP contribution in [0.2, 0.25) is 0 Å². The molecule has 2 heterocycles. The van der Waals surface area contributed by atoms with E-state index in [9.17, 15) is 9.90 Å². The molecule has 3 rings (SSSR count). The van der Waals surface area contributed by atoms with Gasteiger partial charge in [0.25, 0.3) is 0 Å². The normalized spacial score (nSPS) is 16.0. The molecule has 7 nitrogen and oxygen atoms in total. The minimum absolute atomic E-state index is 0.00138. The highest BCUT2D eigenvalue weighted by atomic mass is 16.3. The number of carbonyl (C=O) groups is 1. The SMILES string of the molecule is O=C([C@H](Cc1ccc(O)cc1)n1cc(CCO)nn1)N1CCCCC1. The number of phenolic OH excluding ortho intramolecular Hbond substituents is 1. The van der Waals surface area contributed by atoms with Gasteiger partial charge in [-0.1, -0.05) is 17.3 Å². The fraction of sp³-hybridized carbons (Fsp3) is 0.500. The van der Waals surface area contributed by atoms with Gasteiger partial charge in [-0.05, 0) is 37.0 Å². The number of hydrogen-bond donors (Lipinski definition) is 2. The maximum atomic E-state index is 13.1. The van der Waals surface area contributed by atoms with E-state index < -0.39 is 6.04 Å². The number of aliphatic hydroxyl groups is 1. The first-order valence-corrected chi connectivity index (χ1v) is 8.75. The summed E-state index contributed by atoms with van der Waals surface area (Å²) in [4.78, 5) is 15.0. The number of amides is 1. The summed E-state index contributed by atoms with van der Waals surface area (Å²) in [6.07, 6.45) is 5.87. The number of piperidine rings is 1. The highest BCUT2D eigenvalue weighted by Gasteiger charge is 2.28. The number of aliphatic hydroxyl groups excluding tert-OH is 1. The third-order valence-corrected chi connectivity index (χ3v) is 4.56. The Morgan fingerprint density at radius 1 is 1.16 bits per heavy atom. The van der Waals surface area contributed by atoms with Crippen molar-refractivity contribution >= 4 is 5.91 Å². The largest absolute Gasteiger partial charge is 0.508 e. The van der Waals surface area contributed by atoms with Crippen molar-refractivity contribution in [2.24, 2.45) is 0 Å². The van der Waals surface area contributed by atoms with Crippen LogP contribution in [0, 0.1) is 0 Å². The number of likely N-dealkylation sites (tertiary alicyclic amines) is 1. The summed E-state index contributed by atoms with van der Waals surface area (Å²) in [5.74, 6) is 0.252. The molecule has 0 aliphatic carbocycles. The molecule has 0 radical (unpaired) electrons. The van der Waals surface area contributed by atoms with Gasteiger partial charge in [-0.2, -0.15) is 0 Å². The quantitative estimate of drug-likeness (QED) is 0.824. The summed E-state index contributed by atoms with van der Waals surface area (Å²) in [7, 11) is 0. The summed E-state index contributed by atoms with van der Waals surface area (Å²) in [5, 5.41) is 26.7. The smallest absolute Gasteiger partial charge is 0.247 e. The summed E-state index contributed by atoms with van der Waals surface area (Å²) in [6, 6.07) is 6.41. The highest BCUT2D eigenvalue weighted by Crippen LogP contribution is 2.21. The van der Waals surface area contributed by atoms with E-state index in [1.54, 1.807) is 23.0 Å². The Balaban J connectivity index is 1.83. The van der Waals surface area contributed by atoms with Gasteiger partial charge in [0, 0.05) is 38.7 Å². The standard InChI is InChI=1S/C18H24N4O3/c23-11-8-15-13-22(20-19-15)17(12-14-4-6-16(24)7-5-14)18(25)21-9-2-1-3-10-21/h4-7,13,17,23-24H,1-3,8-12H2/t17-/m0/s1. The molecule has 25 heavy (non-hydrogen) atoms. The molecule has 0 spiro atoms. The number of phenols is 1. The molecule has 0 saturated carbocycles. The first-order chi connectivity index (χ1) is 12.2. The molecule has 1 aliphatic rings. The van der Waals surface area contributed by atoms with E-state index in [0.717, 1.165) is 37.9 Å². The Kier molecular flexibility index (Phi) is 5.65. The second-order valence-corrected chi connectivity index (χ2v) is 6.44. The average molecular weight is 344 g/mol. The maximum absolute atomic E-state index is 13.1. The summed E-state index contributed by atoms with van der Waals surface area (Å²) < 4.78 is 1.61. The zero-order valence-electron chi connectivity index (χ0n) is 14.2. The van der Waals surface area contributed by atoms with Crippen LogP contribution in [0.25, 0.3) is 0 Å². The Labute approximate surface area is 146 Å². The number of nitrogens with zero attached hydrogens (tertiary/aromatic N) is 4. The third-order valence-electron chi connectivity index (χ3n) is 4.56. The van der Waals surface area contributed by atoms with Crippen LogP contribution in [0.3, 0.4) is 0 Å². The number of aromatic hydroxyl groups is 1. The second kappa shape index (κ2) is 8.11. The van der Waals surface area contributed by atoms with Crippen molar-refractivity contribution in [3.05, 3.63) is 41.7 Å². The van der Waals surface area contributed by atoms with Crippen LogP contribution >= 0.6 is 0 Å². The van der Waals surface area contributed by atoms with Gasteiger partial charge >= 0.3 is 0 Å². The van der Waals surface area contributed by atoms with Crippen molar-refractivity contribution in [3.8, 4) is 5.75 Å². The molecule has 1 aliphatic heterocycles. The fourth-order valence-electron chi connectivity index (χ4n) is 3.17. The van der Waals surface area contributed by atoms with Gasteiger partial charge in [-0.15, -0.1) is 5.10 Å². The Morgan fingerprint density at radius 3 is 2.56 bits per heavy atom. The van der Waals surface area contributed by atoms with E-state index in [2.05, 4.69) is 10.3 Å². The molecule has 1 atom stereocenters. The van der Waals surface area contributed by atoms with Crippen LogP contribution in [-0.4, -0.2) is 55.7 Å². The highest BCUT2D eigenvalue weighted by molar-refractivity contribution is 5.80. The van der Waals surface area contributed by atoms with Crippen molar-refractivity contribution in [2.45, 2.75) is 38.1 Å². The molecule has 1 fully saturated rings. The molecule has 1 amide bonds. The molecule has 2 aromatic rings. The summed E-state index contributed by atoms with van der Waals surface area (Å²) >= 11 is 0. The third kappa shape index (κ3) is 4.36. The lowest BCUT2D eigenvalue weighted by molar-refractivity contribution is -0.136. The van der Waals surface area contributed by atoms with E-state index in [-0.39, 0.29) is 18.3 Å². The van der Waals surface area contributed by atoms with Crippen LogP contribution < -0.4 is 0 Å². The van der Waals surface area contributed by atoms with Crippen LogP contribution in [0.5, 0.6) is 5.75 Å². The number of carbonyl (C=O) groups excluding carboxylic acids is 1. The maximum Gasteiger partial charge on any atom is 0.247 e. The van der Waals surface area contributed by atoms with Gasteiger partial charge in [-0.25, -0.2) is 4.68 Å². The van der Waals surface area contributed by atoms with Crippen molar-refractivity contribution in [2.75, 3.05) is 19.7 Å². The van der Waals surface area contributed by atoms with Gasteiger partial charge in [0.1, 0.15) is 11.8 Å². The van der Waals surface area contributed by atoms with Gasteiger partial charge < -0.3 is 15.1 Å². The first-order valence-electron chi connectivity index (χ1n) is 8.75. The predicted octanol–water partition coefficient (Wildman–Crippen LogP) is 1.31. The number of hydrogen-bond acceptors (Lipinski definition) is 5. The van der Waals surface area contributed by atoms with E-state index in [1.165, 1.54) is 0 Å². The molecule has 1 aromatic carbocycles. The lowest BCUT2D eigenvalue weighted by atomic mass is 10.0. The van der Waals surface area contributed by atoms with Crippen molar-refractivity contribution in [3.63, 3.8) is 0 Å². The lowest BCUT2D eigenvalue weighted by Gasteiger charge is -2.30. The molecule has 7 heteroatoms. The van der Waals surface area contributed by atoms with Crippen molar-refractivity contribution in [1.82, 2.24) is 19.9 Å². The van der Waals surface area contributed by atoms with Crippen molar-refractivity contribution < 1.29 is 15.0 Å². The van der Waals surface area contributed by atoms with E-state index in [0.29, 0.717) is 18.5 Å². The van der Waals surface area contributed by atoms with Crippen LogP contribution in [0.1, 0.15) is 36.6 Å². The molecular formula is C18H24N4O3. The molecular weight excluding hydrogens is 320 g/mol. The predicted molar refractivity (Wildman–Crippen MR) is 92.1 cm³/mol. The van der Waals surface area contributed by atoms with Gasteiger partial charge in [0.05, 0.1) is 5.69 Å². The van der Waals surface area contributed by atoms with Gasteiger partial charge in [0.15, 0.2) is 0 Å². The number of aromatic nitrogens is 3. The van der Waals surface area contributed by atoms with Gasteiger partial charge in [0.2, 0.25) is 5.91 Å². The minimum Gasteiger partial charge on any atom is -0.508 e. The molecule has 2 N–H and O–H groups in total. The first kappa shape index (κ1) is 17.4. The Morgan fingerprint density at radius 2 is 1.88 bits per heavy atom. The lowest BCUT2D eigenvalue weighted by Crippen LogP contribution is -2.41. The van der Waals surface area contributed by atoms with Gasteiger partial charge in [-0.3, -0.25) is 4.79 Å². The fourth-order valence-corrected chi connectivity index (χ4v) is 3.17. The van der Waals surface area contributed by atoms with Crippen LogP contribution in [0.4, 0.5) is 0 Å². The van der Waals surface area contributed by atoms with E-state index in [1.807, 2.05) is 17.0 Å². The Hall–Kier alpha value is -2.41. The van der Waals surface area contributed by atoms with Crippen molar-refractivity contribution in [1.29, 1.82) is 0 Å². The molecule has 1 saturated heterocycles. The van der Waals surface area contributed by atoms with E-state index in [4.69, 9.17) is 5.11 Å². The monoisotopic (exact) mass is 344 g/mol. The second-order valence-electron chi connectivity index (χ2n) is 6.44. The topological polar surface area (TPSA) is 91.5 Å². The molecule has 0 unspecified atom stereocenters. The zero-order valence-corrected chi connectivity index (χ0v) is 14.2. The molecule has 0 bridgehead atoms. The number of benzene rings is 1. The summed E-state index contributed by atoms with van der Waals surface area (Å²) in [5.41, 5.74) is 1.62. The average Bonchev–Trinajstić information content (AvgIpc) is 3.10. The molecule has 134 valence electrons. The minimum atomic E-state index is -0.470. The number of rotatable bonds is 6. The van der Waals surface area contributed by atoms with E-state index >= 15 is 0 Å². The summed E-state index contributed by atoms with van der Waals surface area (Å²) in [6.45, 7) is 1.56. The van der Waals surface area contributed by atoms with Crippen LogP contribution in [0.15, 0.2) is 30.5 Å². The Bertz CT molecular complexity index is 693. The van der Waals surface area contributed by atoms with Crippen LogP contribution in [-0.2, 0) is 17.6 Å². The zero-order chi connectivity index (χ0) is 17.6.